The van der Waals surface area contributed by atoms with E-state index in [0.717, 1.165) is 18.3 Å². The van der Waals surface area contributed by atoms with Crippen molar-refractivity contribution in [3.8, 4) is 0 Å². The van der Waals surface area contributed by atoms with Crippen LogP contribution >= 0.6 is 0 Å². The van der Waals surface area contributed by atoms with Crippen LogP contribution in [0, 0.1) is 11.8 Å². The third-order valence-electron chi connectivity index (χ3n) is 3.78. The topological polar surface area (TPSA) is 56.7 Å². The van der Waals surface area contributed by atoms with Crippen LogP contribution in [0.5, 0.6) is 0 Å². The van der Waals surface area contributed by atoms with Gasteiger partial charge in [0.05, 0.1) is 6.54 Å². The molecule has 1 aromatic heterocycles. The van der Waals surface area contributed by atoms with Gasteiger partial charge in [0.1, 0.15) is 11.6 Å². The van der Waals surface area contributed by atoms with E-state index in [1.165, 1.54) is 25.1 Å². The van der Waals surface area contributed by atoms with Crippen LogP contribution in [0.15, 0.2) is 0 Å². The van der Waals surface area contributed by atoms with E-state index in [-0.39, 0.29) is 0 Å². The van der Waals surface area contributed by atoms with Crippen LogP contribution in [0.25, 0.3) is 0 Å². The van der Waals surface area contributed by atoms with E-state index in [2.05, 4.69) is 35.5 Å². The quantitative estimate of drug-likeness (QED) is 0.872. The molecule has 1 heterocycles. The highest BCUT2D eigenvalue weighted by Crippen LogP contribution is 2.38. The van der Waals surface area contributed by atoms with Gasteiger partial charge >= 0.3 is 0 Å². The van der Waals surface area contributed by atoms with Gasteiger partial charge in [-0.05, 0) is 24.7 Å². The van der Waals surface area contributed by atoms with Crippen molar-refractivity contribution >= 4 is 0 Å². The lowest BCUT2D eigenvalue weighted by Crippen LogP contribution is -2.17. The molecular formula is C13H24N4. The second-order valence-corrected chi connectivity index (χ2v) is 5.70. The van der Waals surface area contributed by atoms with Gasteiger partial charge in [-0.3, -0.25) is 0 Å². The molecule has 0 spiro atoms. The van der Waals surface area contributed by atoms with Gasteiger partial charge in [-0.1, -0.05) is 27.2 Å². The van der Waals surface area contributed by atoms with Gasteiger partial charge in [0.25, 0.3) is 0 Å². The minimum absolute atomic E-state index is 0.487. The number of hydrogen-bond donors (Lipinski definition) is 1. The average molecular weight is 236 g/mol. The fourth-order valence-electron chi connectivity index (χ4n) is 2.87. The fraction of sp³-hybridized carbons (Fsp3) is 0.846. The Morgan fingerprint density at radius 2 is 2.12 bits per heavy atom. The number of nitrogens with zero attached hydrogens (tertiary/aromatic N) is 3. The van der Waals surface area contributed by atoms with Crippen LogP contribution in [0.4, 0.5) is 0 Å². The van der Waals surface area contributed by atoms with Crippen LogP contribution in [0.1, 0.15) is 57.6 Å². The Morgan fingerprint density at radius 1 is 1.35 bits per heavy atom. The van der Waals surface area contributed by atoms with Crippen molar-refractivity contribution in [2.24, 2.45) is 17.6 Å². The highest BCUT2D eigenvalue weighted by molar-refractivity contribution is 5.06. The molecule has 2 N–H and O–H groups in total. The van der Waals surface area contributed by atoms with Gasteiger partial charge in [-0.25, -0.2) is 0 Å². The molecule has 2 unspecified atom stereocenters. The van der Waals surface area contributed by atoms with Crippen molar-refractivity contribution < 1.29 is 0 Å². The summed E-state index contributed by atoms with van der Waals surface area (Å²) >= 11 is 0. The summed E-state index contributed by atoms with van der Waals surface area (Å²) in [5.41, 5.74) is 5.75. The average Bonchev–Trinajstić information content (AvgIpc) is 2.84. The number of rotatable bonds is 4. The van der Waals surface area contributed by atoms with E-state index in [4.69, 9.17) is 5.73 Å². The highest BCUT2D eigenvalue weighted by atomic mass is 15.3. The van der Waals surface area contributed by atoms with Crippen molar-refractivity contribution in [2.45, 2.75) is 59.0 Å². The molecule has 1 aromatic rings. The molecule has 0 saturated heterocycles. The minimum Gasteiger partial charge on any atom is -0.324 e. The maximum Gasteiger partial charge on any atom is 0.146 e. The molecule has 2 rings (SSSR count). The van der Waals surface area contributed by atoms with E-state index in [0.29, 0.717) is 18.4 Å². The molecule has 4 nitrogen and oxygen atoms in total. The van der Waals surface area contributed by atoms with Gasteiger partial charge in [-0.15, -0.1) is 10.2 Å². The van der Waals surface area contributed by atoms with Gasteiger partial charge in [-0.2, -0.15) is 0 Å². The first-order valence-electron chi connectivity index (χ1n) is 6.75. The highest BCUT2D eigenvalue weighted by Gasteiger charge is 2.30. The molecule has 0 amide bonds. The van der Waals surface area contributed by atoms with Crippen LogP contribution in [-0.2, 0) is 13.1 Å². The molecule has 0 aliphatic heterocycles. The molecule has 1 aliphatic rings. The zero-order valence-corrected chi connectivity index (χ0v) is 11.2. The predicted octanol–water partition coefficient (Wildman–Crippen LogP) is 2.30. The van der Waals surface area contributed by atoms with Gasteiger partial charge in [0.15, 0.2) is 0 Å². The summed E-state index contributed by atoms with van der Waals surface area (Å²) in [5.74, 6) is 4.03. The summed E-state index contributed by atoms with van der Waals surface area (Å²) in [5, 5.41) is 8.66. The summed E-state index contributed by atoms with van der Waals surface area (Å²) < 4.78 is 2.26. The molecule has 1 fully saturated rings. The smallest absolute Gasteiger partial charge is 0.146 e. The van der Waals surface area contributed by atoms with Crippen molar-refractivity contribution in [1.82, 2.24) is 14.8 Å². The first-order valence-corrected chi connectivity index (χ1v) is 6.75. The van der Waals surface area contributed by atoms with E-state index in [9.17, 15) is 0 Å². The summed E-state index contributed by atoms with van der Waals surface area (Å²) in [7, 11) is 0. The lowest BCUT2D eigenvalue weighted by Gasteiger charge is -2.18. The Morgan fingerprint density at radius 3 is 2.65 bits per heavy atom. The third kappa shape index (κ3) is 2.51. The molecule has 2 atom stereocenters. The maximum absolute atomic E-state index is 5.75. The van der Waals surface area contributed by atoms with Crippen LogP contribution in [-0.4, -0.2) is 14.8 Å². The van der Waals surface area contributed by atoms with E-state index >= 15 is 0 Å². The predicted molar refractivity (Wildman–Crippen MR) is 68.5 cm³/mol. The molecule has 1 saturated carbocycles. The third-order valence-corrected chi connectivity index (χ3v) is 3.78. The molecule has 0 aromatic carbocycles. The summed E-state index contributed by atoms with van der Waals surface area (Å²) in [6.07, 6.45) is 3.89. The zero-order valence-electron chi connectivity index (χ0n) is 11.2. The number of nitrogens with two attached hydrogens (primary N) is 1. The first-order chi connectivity index (χ1) is 8.13. The summed E-state index contributed by atoms with van der Waals surface area (Å²) in [6.45, 7) is 8.25. The molecule has 1 aliphatic carbocycles. The fourth-order valence-corrected chi connectivity index (χ4v) is 2.87. The molecule has 17 heavy (non-hydrogen) atoms. The van der Waals surface area contributed by atoms with E-state index in [1.807, 2.05) is 0 Å². The van der Waals surface area contributed by atoms with Crippen molar-refractivity contribution in [3.63, 3.8) is 0 Å². The second-order valence-electron chi connectivity index (χ2n) is 5.70. The normalized spacial score (nSPS) is 24.8. The summed E-state index contributed by atoms with van der Waals surface area (Å²) in [4.78, 5) is 0. The number of hydrogen-bond acceptors (Lipinski definition) is 3. The van der Waals surface area contributed by atoms with Gasteiger partial charge in [0, 0.05) is 12.5 Å². The van der Waals surface area contributed by atoms with Gasteiger partial charge < -0.3 is 10.3 Å². The first kappa shape index (κ1) is 12.6. The molecule has 4 heteroatoms. The Hall–Kier alpha value is -0.900. The Bertz CT molecular complexity index is 369. The number of aromatic nitrogens is 3. The Labute approximate surface area is 104 Å². The SMILES string of the molecule is CC(C)Cn1c(CN)nnc1C1CCCC1C. The summed E-state index contributed by atoms with van der Waals surface area (Å²) in [6, 6.07) is 0. The van der Waals surface area contributed by atoms with Crippen LogP contribution < -0.4 is 5.73 Å². The lowest BCUT2D eigenvalue weighted by molar-refractivity contribution is 0.442. The monoisotopic (exact) mass is 236 g/mol. The molecule has 96 valence electrons. The second kappa shape index (κ2) is 5.17. The van der Waals surface area contributed by atoms with E-state index in [1.54, 1.807) is 0 Å². The largest absolute Gasteiger partial charge is 0.324 e. The van der Waals surface area contributed by atoms with Crippen LogP contribution in [0.3, 0.4) is 0 Å². The van der Waals surface area contributed by atoms with E-state index < -0.39 is 0 Å². The van der Waals surface area contributed by atoms with Crippen LogP contribution in [0.2, 0.25) is 0 Å². The minimum atomic E-state index is 0.487. The molecule has 0 bridgehead atoms. The zero-order chi connectivity index (χ0) is 12.4. The lowest BCUT2D eigenvalue weighted by atomic mass is 9.97. The Balaban J connectivity index is 2.29. The maximum atomic E-state index is 5.75. The van der Waals surface area contributed by atoms with Crippen molar-refractivity contribution in [2.75, 3.05) is 0 Å². The van der Waals surface area contributed by atoms with Crippen molar-refractivity contribution in [3.05, 3.63) is 11.6 Å². The Kier molecular flexibility index (Phi) is 3.82. The molecule has 0 radical (unpaired) electrons. The van der Waals surface area contributed by atoms with Gasteiger partial charge in [0.2, 0.25) is 0 Å². The van der Waals surface area contributed by atoms with Crippen molar-refractivity contribution in [1.29, 1.82) is 0 Å². The molecular weight excluding hydrogens is 212 g/mol. The standard InChI is InChI=1S/C13H24N4/c1-9(2)8-17-12(7-14)15-16-13(17)11-6-4-5-10(11)3/h9-11H,4-8,14H2,1-3H3.